The number of aromatic amines is 3. The highest BCUT2D eigenvalue weighted by Crippen LogP contribution is 2.00. The van der Waals surface area contributed by atoms with Crippen molar-refractivity contribution in [2.45, 2.75) is 6.42 Å². The molecule has 2 rings (SSSR count). The van der Waals surface area contributed by atoms with Crippen LogP contribution in [-0.2, 0) is 6.42 Å². The minimum absolute atomic E-state index is 0.183. The SMILES string of the molecule is O=c1cc(Cc2c[nH]c(=S)[nH]c2=O)cc[nH]1. The molecule has 6 heteroatoms. The predicted octanol–water partition coefficient (Wildman–Crippen LogP) is 0.712. The Morgan fingerprint density at radius 2 is 2.06 bits per heavy atom. The van der Waals surface area contributed by atoms with Gasteiger partial charge in [-0.3, -0.25) is 14.6 Å². The molecular formula is C10H9N3O2S. The lowest BCUT2D eigenvalue weighted by molar-refractivity contribution is 1.00. The Labute approximate surface area is 95.2 Å². The average Bonchev–Trinajstić information content (AvgIpc) is 2.22. The van der Waals surface area contributed by atoms with E-state index in [4.69, 9.17) is 12.2 Å². The Balaban J connectivity index is 2.38. The van der Waals surface area contributed by atoms with E-state index < -0.39 is 0 Å². The van der Waals surface area contributed by atoms with Crippen molar-refractivity contribution in [3.05, 3.63) is 61.1 Å². The van der Waals surface area contributed by atoms with Crippen LogP contribution >= 0.6 is 12.2 Å². The van der Waals surface area contributed by atoms with Gasteiger partial charge in [-0.15, -0.1) is 0 Å². The van der Waals surface area contributed by atoms with Crippen LogP contribution in [0.5, 0.6) is 0 Å². The molecule has 0 aliphatic carbocycles. The van der Waals surface area contributed by atoms with Gasteiger partial charge in [-0.1, -0.05) is 0 Å². The van der Waals surface area contributed by atoms with Gasteiger partial charge in [0.25, 0.3) is 5.56 Å². The lowest BCUT2D eigenvalue weighted by atomic mass is 10.1. The van der Waals surface area contributed by atoms with Crippen molar-refractivity contribution in [1.29, 1.82) is 0 Å². The van der Waals surface area contributed by atoms with Crippen molar-refractivity contribution in [3.63, 3.8) is 0 Å². The molecule has 0 aromatic carbocycles. The van der Waals surface area contributed by atoms with Crippen LogP contribution in [0.2, 0.25) is 0 Å². The summed E-state index contributed by atoms with van der Waals surface area (Å²) in [4.78, 5) is 30.3. The molecule has 0 aliphatic heterocycles. The van der Waals surface area contributed by atoms with Crippen LogP contribution in [0.1, 0.15) is 11.1 Å². The zero-order valence-electron chi connectivity index (χ0n) is 8.24. The first-order chi connectivity index (χ1) is 7.65. The number of nitrogens with one attached hydrogen (secondary N) is 3. The van der Waals surface area contributed by atoms with E-state index in [0.717, 1.165) is 5.56 Å². The third kappa shape index (κ3) is 2.34. The molecule has 2 aromatic rings. The van der Waals surface area contributed by atoms with Gasteiger partial charge >= 0.3 is 0 Å². The fraction of sp³-hybridized carbons (Fsp3) is 0.100. The minimum atomic E-state index is -0.232. The predicted molar refractivity (Wildman–Crippen MR) is 62.1 cm³/mol. The molecule has 0 atom stereocenters. The van der Waals surface area contributed by atoms with Crippen molar-refractivity contribution >= 4 is 12.2 Å². The Kier molecular flexibility index (Phi) is 2.82. The highest BCUT2D eigenvalue weighted by Gasteiger charge is 2.01. The lowest BCUT2D eigenvalue weighted by Crippen LogP contribution is -2.14. The summed E-state index contributed by atoms with van der Waals surface area (Å²) in [5, 5.41) is 0. The van der Waals surface area contributed by atoms with E-state index in [-0.39, 0.29) is 11.1 Å². The maximum Gasteiger partial charge on any atom is 0.255 e. The van der Waals surface area contributed by atoms with Crippen molar-refractivity contribution in [3.8, 4) is 0 Å². The summed E-state index contributed by atoms with van der Waals surface area (Å²) in [5.41, 5.74) is 0.904. The molecular weight excluding hydrogens is 226 g/mol. The van der Waals surface area contributed by atoms with Crippen molar-refractivity contribution in [2.75, 3.05) is 0 Å². The zero-order valence-corrected chi connectivity index (χ0v) is 9.06. The molecule has 0 saturated carbocycles. The lowest BCUT2D eigenvalue weighted by Gasteiger charge is -1.99. The highest BCUT2D eigenvalue weighted by atomic mass is 32.1. The van der Waals surface area contributed by atoms with E-state index >= 15 is 0 Å². The molecule has 0 fully saturated rings. The van der Waals surface area contributed by atoms with Gasteiger partial charge in [-0.05, 0) is 23.8 Å². The minimum Gasteiger partial charge on any atom is -0.338 e. The van der Waals surface area contributed by atoms with Gasteiger partial charge in [0, 0.05) is 30.4 Å². The maximum absolute atomic E-state index is 11.5. The summed E-state index contributed by atoms with van der Waals surface area (Å²) >= 11 is 4.78. The number of H-pyrrole nitrogens is 3. The second-order valence-electron chi connectivity index (χ2n) is 3.34. The summed E-state index contributed by atoms with van der Waals surface area (Å²) in [6.45, 7) is 0. The van der Waals surface area contributed by atoms with E-state index in [0.29, 0.717) is 16.8 Å². The van der Waals surface area contributed by atoms with Gasteiger partial charge in [0.2, 0.25) is 5.56 Å². The second kappa shape index (κ2) is 4.28. The van der Waals surface area contributed by atoms with Crippen LogP contribution in [0.25, 0.3) is 0 Å². The van der Waals surface area contributed by atoms with Crippen LogP contribution in [0.4, 0.5) is 0 Å². The molecule has 0 spiro atoms. The summed E-state index contributed by atoms with van der Waals surface area (Å²) in [6, 6.07) is 3.21. The smallest absolute Gasteiger partial charge is 0.255 e. The fourth-order valence-corrected chi connectivity index (χ4v) is 1.54. The van der Waals surface area contributed by atoms with E-state index in [1.165, 1.54) is 6.07 Å². The number of pyridine rings is 1. The van der Waals surface area contributed by atoms with Gasteiger partial charge in [0.15, 0.2) is 4.77 Å². The largest absolute Gasteiger partial charge is 0.338 e. The first-order valence-corrected chi connectivity index (χ1v) is 5.04. The van der Waals surface area contributed by atoms with E-state index in [1.54, 1.807) is 18.5 Å². The average molecular weight is 235 g/mol. The number of aromatic nitrogens is 3. The molecule has 5 nitrogen and oxygen atoms in total. The molecule has 0 amide bonds. The van der Waals surface area contributed by atoms with Crippen LogP contribution < -0.4 is 11.1 Å². The normalized spacial score (nSPS) is 10.2. The number of rotatable bonds is 2. The monoisotopic (exact) mass is 235 g/mol. The quantitative estimate of drug-likeness (QED) is 0.670. The Morgan fingerprint density at radius 1 is 1.25 bits per heavy atom. The van der Waals surface area contributed by atoms with Crippen LogP contribution in [-0.4, -0.2) is 15.0 Å². The molecule has 2 heterocycles. The fourth-order valence-electron chi connectivity index (χ4n) is 1.39. The van der Waals surface area contributed by atoms with Crippen LogP contribution in [0.3, 0.4) is 0 Å². The third-order valence-corrected chi connectivity index (χ3v) is 2.35. The standard InChI is InChI=1S/C10H9N3O2S/c14-8-4-6(1-2-11-8)3-7-5-12-10(16)13-9(7)15/h1-2,4-5H,3H2,(H,11,14)(H2,12,13,15,16). The van der Waals surface area contributed by atoms with Crippen LogP contribution in [0, 0.1) is 4.77 Å². The number of hydrogen-bond acceptors (Lipinski definition) is 3. The number of hydrogen-bond donors (Lipinski definition) is 3. The van der Waals surface area contributed by atoms with Gasteiger partial charge in [-0.2, -0.15) is 0 Å². The van der Waals surface area contributed by atoms with E-state index in [9.17, 15) is 9.59 Å². The van der Waals surface area contributed by atoms with Gasteiger partial charge in [0.05, 0.1) is 0 Å². The van der Waals surface area contributed by atoms with Crippen molar-refractivity contribution < 1.29 is 0 Å². The van der Waals surface area contributed by atoms with Gasteiger partial charge < -0.3 is 9.97 Å². The molecule has 0 saturated heterocycles. The Hall–Kier alpha value is -1.95. The first kappa shape index (κ1) is 10.6. The zero-order chi connectivity index (χ0) is 11.5. The van der Waals surface area contributed by atoms with Crippen molar-refractivity contribution in [2.24, 2.45) is 0 Å². The maximum atomic E-state index is 11.5. The van der Waals surface area contributed by atoms with E-state index in [2.05, 4.69) is 15.0 Å². The van der Waals surface area contributed by atoms with Gasteiger partial charge in [0.1, 0.15) is 0 Å². The van der Waals surface area contributed by atoms with Crippen molar-refractivity contribution in [1.82, 2.24) is 15.0 Å². The third-order valence-electron chi connectivity index (χ3n) is 2.13. The Morgan fingerprint density at radius 3 is 2.75 bits per heavy atom. The second-order valence-corrected chi connectivity index (χ2v) is 3.74. The van der Waals surface area contributed by atoms with Crippen LogP contribution in [0.15, 0.2) is 34.1 Å². The summed E-state index contributed by atoms with van der Waals surface area (Å²) in [5.74, 6) is 0. The summed E-state index contributed by atoms with van der Waals surface area (Å²) in [6.07, 6.45) is 3.50. The molecule has 0 unspecified atom stereocenters. The topological polar surface area (TPSA) is 81.5 Å². The molecule has 2 aromatic heterocycles. The molecule has 82 valence electrons. The molecule has 0 bridgehead atoms. The molecule has 0 aliphatic rings. The highest BCUT2D eigenvalue weighted by molar-refractivity contribution is 7.71. The molecule has 3 N–H and O–H groups in total. The Bertz CT molecular complexity index is 668. The molecule has 0 radical (unpaired) electrons. The molecule has 16 heavy (non-hydrogen) atoms. The summed E-state index contributed by atoms with van der Waals surface area (Å²) in [7, 11) is 0. The first-order valence-electron chi connectivity index (χ1n) is 4.63. The van der Waals surface area contributed by atoms with E-state index in [1.807, 2.05) is 0 Å². The summed E-state index contributed by atoms with van der Waals surface area (Å²) < 4.78 is 0.291. The van der Waals surface area contributed by atoms with Gasteiger partial charge in [-0.25, -0.2) is 0 Å².